The van der Waals surface area contributed by atoms with Crippen LogP contribution in [0.3, 0.4) is 0 Å². The van der Waals surface area contributed by atoms with Gasteiger partial charge in [-0.05, 0) is 37.0 Å². The lowest BCUT2D eigenvalue weighted by Crippen LogP contribution is -2.52. The number of nitrogens with zero attached hydrogens (tertiary/aromatic N) is 5. The third kappa shape index (κ3) is 3.01. The van der Waals surface area contributed by atoms with Crippen LogP contribution in [0.15, 0.2) is 24.5 Å². The Morgan fingerprint density at radius 2 is 2.15 bits per heavy atom. The number of rotatable bonds is 5. The van der Waals surface area contributed by atoms with Crippen molar-refractivity contribution in [3.63, 3.8) is 0 Å². The van der Waals surface area contributed by atoms with Gasteiger partial charge in [-0.15, -0.1) is 0 Å². The summed E-state index contributed by atoms with van der Waals surface area (Å²) in [6.45, 7) is 0.682. The average Bonchev–Trinajstić information content (AvgIpc) is 3.27. The Kier molecular flexibility index (Phi) is 4.29. The first-order valence-electron chi connectivity index (χ1n) is 9.16. The molecule has 2 aromatic rings. The first kappa shape index (κ1) is 16.9. The third-order valence-corrected chi connectivity index (χ3v) is 5.48. The van der Waals surface area contributed by atoms with E-state index < -0.39 is 0 Å². The fourth-order valence-electron chi connectivity index (χ4n) is 4.02. The molecule has 1 aliphatic heterocycles. The Balaban J connectivity index is 1.57. The van der Waals surface area contributed by atoms with E-state index in [4.69, 9.17) is 5.26 Å². The summed E-state index contributed by atoms with van der Waals surface area (Å²) in [5, 5.41) is 17.1. The number of nitrogens with one attached hydrogen (secondary N) is 1. The van der Waals surface area contributed by atoms with Gasteiger partial charge in [-0.3, -0.25) is 9.48 Å². The number of nitriles is 1. The highest BCUT2D eigenvalue weighted by atomic mass is 16.2. The predicted molar refractivity (Wildman–Crippen MR) is 95.8 cm³/mol. The van der Waals surface area contributed by atoms with Gasteiger partial charge in [0.1, 0.15) is 11.8 Å². The summed E-state index contributed by atoms with van der Waals surface area (Å²) in [5.74, 6) is 0.253. The number of hydrogen-bond acceptors (Lipinski definition) is 4. The van der Waals surface area contributed by atoms with Crippen LogP contribution in [0.1, 0.15) is 48.7 Å². The summed E-state index contributed by atoms with van der Waals surface area (Å²) in [7, 11) is 3.82. The van der Waals surface area contributed by atoms with Gasteiger partial charge in [0.25, 0.3) is 0 Å². The van der Waals surface area contributed by atoms with Crippen molar-refractivity contribution < 1.29 is 4.79 Å². The Labute approximate surface area is 153 Å². The molecule has 0 spiro atoms. The van der Waals surface area contributed by atoms with Crippen molar-refractivity contribution in [3.05, 3.63) is 41.5 Å². The van der Waals surface area contributed by atoms with E-state index >= 15 is 0 Å². The Bertz CT molecular complexity index is 856. The van der Waals surface area contributed by atoms with Gasteiger partial charge in [-0.1, -0.05) is 0 Å². The van der Waals surface area contributed by atoms with Crippen molar-refractivity contribution in [2.24, 2.45) is 14.1 Å². The Morgan fingerprint density at radius 3 is 2.77 bits per heavy atom. The smallest absolute Gasteiger partial charge is 0.223 e. The maximum Gasteiger partial charge on any atom is 0.223 e. The van der Waals surface area contributed by atoms with Crippen molar-refractivity contribution >= 4 is 5.91 Å². The Hall–Kier alpha value is -2.59. The molecule has 1 saturated carbocycles. The summed E-state index contributed by atoms with van der Waals surface area (Å²) in [5.41, 5.74) is 2.82. The predicted octanol–water partition coefficient (Wildman–Crippen LogP) is 1.61. The van der Waals surface area contributed by atoms with Gasteiger partial charge in [0.2, 0.25) is 5.91 Å². The maximum absolute atomic E-state index is 12.6. The summed E-state index contributed by atoms with van der Waals surface area (Å²) < 4.78 is 3.72. The molecule has 2 fully saturated rings. The second-order valence-electron chi connectivity index (χ2n) is 7.34. The second kappa shape index (κ2) is 6.61. The lowest BCUT2D eigenvalue weighted by atomic mass is 9.92. The highest BCUT2D eigenvalue weighted by Gasteiger charge is 2.45. The topological polar surface area (TPSA) is 78.9 Å². The van der Waals surface area contributed by atoms with Crippen LogP contribution < -0.4 is 5.32 Å². The molecule has 7 nitrogen and oxygen atoms in total. The molecule has 1 amide bonds. The van der Waals surface area contributed by atoms with E-state index in [1.54, 1.807) is 6.20 Å². The van der Waals surface area contributed by atoms with Gasteiger partial charge in [-0.25, -0.2) is 0 Å². The number of likely N-dealkylation sites (tertiary alicyclic amines) is 1. The minimum atomic E-state index is 0.00963. The summed E-state index contributed by atoms with van der Waals surface area (Å²) >= 11 is 0. The van der Waals surface area contributed by atoms with Gasteiger partial charge < -0.3 is 14.8 Å². The van der Waals surface area contributed by atoms with Gasteiger partial charge in [-0.2, -0.15) is 10.4 Å². The molecule has 2 aromatic heterocycles. The zero-order chi connectivity index (χ0) is 18.3. The summed E-state index contributed by atoms with van der Waals surface area (Å²) in [4.78, 5) is 14.7. The molecule has 136 valence electrons. The highest BCUT2D eigenvalue weighted by Crippen LogP contribution is 2.40. The largest absolute Gasteiger partial charge is 0.342 e. The third-order valence-electron chi connectivity index (χ3n) is 5.48. The van der Waals surface area contributed by atoms with Crippen LogP contribution in [0.4, 0.5) is 0 Å². The van der Waals surface area contributed by atoms with Crippen LogP contribution in [0.25, 0.3) is 0 Å². The molecule has 0 radical (unpaired) electrons. The monoisotopic (exact) mass is 352 g/mol. The van der Waals surface area contributed by atoms with Gasteiger partial charge in [0, 0.05) is 51.5 Å². The molecular weight excluding hydrogens is 328 g/mol. The molecule has 26 heavy (non-hydrogen) atoms. The van der Waals surface area contributed by atoms with Gasteiger partial charge >= 0.3 is 0 Å². The van der Waals surface area contributed by atoms with Crippen LogP contribution in [-0.2, 0) is 25.4 Å². The molecule has 0 bridgehead atoms. The normalized spacial score (nSPS) is 23.3. The van der Waals surface area contributed by atoms with Crippen molar-refractivity contribution in [3.8, 4) is 6.07 Å². The molecule has 0 unspecified atom stereocenters. The minimum absolute atomic E-state index is 0.00963. The van der Waals surface area contributed by atoms with Crippen LogP contribution in [0, 0.1) is 11.3 Å². The van der Waals surface area contributed by atoms with E-state index in [1.165, 1.54) is 0 Å². The van der Waals surface area contributed by atoms with E-state index in [2.05, 4.69) is 21.4 Å². The average molecular weight is 352 g/mol. The molecule has 0 aromatic carbocycles. The minimum Gasteiger partial charge on any atom is -0.342 e. The first-order valence-corrected chi connectivity index (χ1v) is 9.16. The number of carbonyl (C=O) groups excluding carboxylic acids is 1. The van der Waals surface area contributed by atoms with Crippen molar-refractivity contribution in [1.82, 2.24) is 24.6 Å². The van der Waals surface area contributed by atoms with Gasteiger partial charge in [0.05, 0.1) is 11.7 Å². The number of hydrogen-bond donors (Lipinski definition) is 1. The zero-order valence-corrected chi connectivity index (χ0v) is 15.2. The van der Waals surface area contributed by atoms with E-state index in [0.29, 0.717) is 24.7 Å². The van der Waals surface area contributed by atoms with Crippen molar-refractivity contribution in [2.45, 2.75) is 50.4 Å². The number of carbonyl (C=O) groups is 1. The standard InChI is InChI=1S/C19H24N6O/c1-23-12-13(9-15(23)10-20)11-21-16-5-6-18(26)25(14-3-4-14)19(16)17-7-8-22-24(17)2/h7-9,12,14,16,19,21H,3-6,11H2,1-2H3/t16-,19-/m1/s1. The van der Waals surface area contributed by atoms with Crippen LogP contribution in [0.2, 0.25) is 0 Å². The highest BCUT2D eigenvalue weighted by molar-refractivity contribution is 5.78. The van der Waals surface area contributed by atoms with Crippen molar-refractivity contribution in [1.29, 1.82) is 5.26 Å². The molecule has 2 atom stereocenters. The lowest BCUT2D eigenvalue weighted by molar-refractivity contribution is -0.138. The molecular formula is C19H24N6O. The van der Waals surface area contributed by atoms with E-state index in [0.717, 1.165) is 30.5 Å². The lowest BCUT2D eigenvalue weighted by Gasteiger charge is -2.42. The summed E-state index contributed by atoms with van der Waals surface area (Å²) in [6.07, 6.45) is 7.37. The van der Waals surface area contributed by atoms with Crippen molar-refractivity contribution in [2.75, 3.05) is 0 Å². The fraction of sp³-hybridized carbons (Fsp3) is 0.526. The molecule has 1 saturated heterocycles. The number of aryl methyl sites for hydroxylation is 2. The van der Waals surface area contributed by atoms with Crippen LogP contribution in [0.5, 0.6) is 0 Å². The Morgan fingerprint density at radius 1 is 1.35 bits per heavy atom. The molecule has 3 heterocycles. The van der Waals surface area contributed by atoms with E-state index in [9.17, 15) is 4.79 Å². The molecule has 1 aliphatic carbocycles. The quantitative estimate of drug-likeness (QED) is 0.887. The first-order chi connectivity index (χ1) is 12.6. The maximum atomic E-state index is 12.6. The number of amides is 1. The second-order valence-corrected chi connectivity index (χ2v) is 7.34. The molecule has 4 rings (SSSR count). The number of piperidine rings is 1. The van der Waals surface area contributed by atoms with Gasteiger partial charge in [0.15, 0.2) is 0 Å². The molecule has 2 aliphatic rings. The fourth-order valence-corrected chi connectivity index (χ4v) is 4.02. The van der Waals surface area contributed by atoms with E-state index in [-0.39, 0.29) is 18.0 Å². The van der Waals surface area contributed by atoms with Crippen LogP contribution in [-0.4, -0.2) is 37.2 Å². The van der Waals surface area contributed by atoms with Crippen LogP contribution >= 0.6 is 0 Å². The molecule has 7 heteroatoms. The van der Waals surface area contributed by atoms with E-state index in [1.807, 2.05) is 41.7 Å². The number of aromatic nitrogens is 3. The summed E-state index contributed by atoms with van der Waals surface area (Å²) in [6, 6.07) is 6.69. The molecule has 1 N–H and O–H groups in total. The zero-order valence-electron chi connectivity index (χ0n) is 15.2. The SMILES string of the molecule is Cn1cc(CN[C@@H]2CCC(=O)N(C3CC3)[C@H]2c2ccnn2C)cc1C#N.